The van der Waals surface area contributed by atoms with E-state index in [2.05, 4.69) is 24.3 Å². The van der Waals surface area contributed by atoms with Gasteiger partial charge in [-0.25, -0.2) is 4.68 Å². The molecule has 1 unspecified atom stereocenters. The van der Waals surface area contributed by atoms with Crippen LogP contribution in [0.5, 0.6) is 0 Å². The third kappa shape index (κ3) is 2.94. The van der Waals surface area contributed by atoms with Crippen molar-refractivity contribution in [2.24, 2.45) is 12.5 Å². The molecule has 1 fully saturated rings. The molecule has 0 aromatic carbocycles. The van der Waals surface area contributed by atoms with Gasteiger partial charge < -0.3 is 5.32 Å². The first-order valence-corrected chi connectivity index (χ1v) is 7.31. The van der Waals surface area contributed by atoms with Gasteiger partial charge in [0.25, 0.3) is 0 Å². The lowest BCUT2D eigenvalue weighted by atomic mass is 9.75. The molecule has 1 N–H and O–H groups in total. The van der Waals surface area contributed by atoms with Crippen molar-refractivity contribution in [2.75, 3.05) is 5.32 Å². The first-order valence-electron chi connectivity index (χ1n) is 7.31. The van der Waals surface area contributed by atoms with Gasteiger partial charge in [-0.05, 0) is 31.1 Å². The van der Waals surface area contributed by atoms with Crippen LogP contribution >= 0.6 is 0 Å². The van der Waals surface area contributed by atoms with Crippen molar-refractivity contribution in [1.82, 2.24) is 9.78 Å². The molecule has 2 rings (SSSR count). The molecule has 6 heteroatoms. The summed E-state index contributed by atoms with van der Waals surface area (Å²) in [6.07, 6.45) is 5.06. The highest BCUT2D eigenvalue weighted by Gasteiger charge is 2.32. The Morgan fingerprint density at radius 3 is 2.80 bits per heavy atom. The zero-order valence-electron chi connectivity index (χ0n) is 12.8. The van der Waals surface area contributed by atoms with E-state index >= 15 is 0 Å². The molecule has 6 nitrogen and oxygen atoms in total. The Hall–Kier alpha value is -1.59. The van der Waals surface area contributed by atoms with Crippen LogP contribution in [0.15, 0.2) is 0 Å². The van der Waals surface area contributed by atoms with Crippen LogP contribution in [0, 0.1) is 15.5 Å². The molecule has 0 aliphatic heterocycles. The van der Waals surface area contributed by atoms with Crippen LogP contribution in [-0.2, 0) is 13.5 Å². The van der Waals surface area contributed by atoms with Gasteiger partial charge in [0.15, 0.2) is 0 Å². The lowest BCUT2D eigenvalue weighted by molar-refractivity contribution is -0.384. The van der Waals surface area contributed by atoms with Crippen LogP contribution in [0.2, 0.25) is 0 Å². The van der Waals surface area contributed by atoms with Gasteiger partial charge in [0.1, 0.15) is 5.69 Å². The molecule has 20 heavy (non-hydrogen) atoms. The second kappa shape index (κ2) is 5.42. The van der Waals surface area contributed by atoms with Crippen molar-refractivity contribution in [1.29, 1.82) is 0 Å². The van der Waals surface area contributed by atoms with E-state index in [4.69, 9.17) is 0 Å². The van der Waals surface area contributed by atoms with Crippen molar-refractivity contribution >= 4 is 11.5 Å². The number of nitro groups is 1. The van der Waals surface area contributed by atoms with Gasteiger partial charge in [-0.2, -0.15) is 5.10 Å². The molecule has 112 valence electrons. The Kier molecular flexibility index (Phi) is 4.01. The molecular weight excluding hydrogens is 256 g/mol. The van der Waals surface area contributed by atoms with Gasteiger partial charge >= 0.3 is 5.69 Å². The fourth-order valence-corrected chi connectivity index (χ4v) is 3.17. The van der Waals surface area contributed by atoms with E-state index in [1.165, 1.54) is 6.42 Å². The smallest absolute Gasteiger partial charge is 0.333 e. The minimum absolute atomic E-state index is 0.137. The first kappa shape index (κ1) is 14.8. The summed E-state index contributed by atoms with van der Waals surface area (Å²) < 4.78 is 1.61. The molecule has 1 aromatic heterocycles. The second-order valence-electron chi connectivity index (χ2n) is 6.48. The summed E-state index contributed by atoms with van der Waals surface area (Å²) in [6.45, 7) is 6.41. The van der Waals surface area contributed by atoms with Crippen molar-refractivity contribution in [3.63, 3.8) is 0 Å². The molecular formula is C14H24N4O2. The van der Waals surface area contributed by atoms with Crippen LogP contribution in [-0.4, -0.2) is 20.7 Å². The van der Waals surface area contributed by atoms with Crippen LogP contribution in [0.4, 0.5) is 11.5 Å². The average molecular weight is 280 g/mol. The highest BCUT2D eigenvalue weighted by Crippen LogP contribution is 2.38. The van der Waals surface area contributed by atoms with E-state index in [-0.39, 0.29) is 16.7 Å². The zero-order chi connectivity index (χ0) is 14.9. The van der Waals surface area contributed by atoms with E-state index in [0.717, 1.165) is 19.3 Å². The predicted molar refractivity (Wildman–Crippen MR) is 78.9 cm³/mol. The molecule has 1 saturated carbocycles. The van der Waals surface area contributed by atoms with E-state index in [9.17, 15) is 10.1 Å². The quantitative estimate of drug-likeness (QED) is 0.678. The van der Waals surface area contributed by atoms with Crippen LogP contribution in [0.3, 0.4) is 0 Å². The van der Waals surface area contributed by atoms with E-state index in [1.54, 1.807) is 11.7 Å². The number of hydrogen-bond acceptors (Lipinski definition) is 4. The average Bonchev–Trinajstić information content (AvgIpc) is 2.65. The summed E-state index contributed by atoms with van der Waals surface area (Å²) >= 11 is 0. The Labute approximate surface area is 119 Å². The second-order valence-corrected chi connectivity index (χ2v) is 6.48. The van der Waals surface area contributed by atoms with E-state index < -0.39 is 0 Å². The maximum absolute atomic E-state index is 11.3. The number of nitrogens with one attached hydrogen (secondary N) is 1. The van der Waals surface area contributed by atoms with Crippen molar-refractivity contribution in [3.05, 3.63) is 15.8 Å². The highest BCUT2D eigenvalue weighted by atomic mass is 16.6. The summed E-state index contributed by atoms with van der Waals surface area (Å²) in [6, 6.07) is 0.289. The standard InChI is InChI=1S/C14H24N4O2/c1-5-11-12(18(19)20)13(17(4)16-11)15-10-7-6-8-14(2,3)9-10/h10,15H,5-9H2,1-4H3. The Morgan fingerprint density at radius 1 is 1.55 bits per heavy atom. The maximum atomic E-state index is 11.3. The Morgan fingerprint density at radius 2 is 2.25 bits per heavy atom. The SMILES string of the molecule is CCc1nn(C)c(NC2CCCC(C)(C)C2)c1[N+](=O)[O-]. The Balaban J connectivity index is 2.25. The van der Waals surface area contributed by atoms with Crippen LogP contribution in [0.1, 0.15) is 52.1 Å². The number of rotatable bonds is 4. The van der Waals surface area contributed by atoms with Gasteiger partial charge in [-0.15, -0.1) is 0 Å². The third-order valence-electron chi connectivity index (χ3n) is 4.16. The molecule has 1 atom stereocenters. The molecule has 1 aliphatic carbocycles. The molecule has 0 amide bonds. The van der Waals surface area contributed by atoms with Gasteiger partial charge in [-0.1, -0.05) is 27.2 Å². The fourth-order valence-electron chi connectivity index (χ4n) is 3.17. The molecule has 1 aliphatic rings. The number of anilines is 1. The summed E-state index contributed by atoms with van der Waals surface area (Å²) in [7, 11) is 1.77. The lowest BCUT2D eigenvalue weighted by Crippen LogP contribution is -2.32. The summed E-state index contributed by atoms with van der Waals surface area (Å²) in [5, 5.41) is 18.9. The topological polar surface area (TPSA) is 73.0 Å². The molecule has 0 saturated heterocycles. The van der Waals surface area contributed by atoms with Crippen molar-refractivity contribution in [2.45, 2.75) is 58.9 Å². The van der Waals surface area contributed by atoms with Gasteiger partial charge in [0, 0.05) is 13.1 Å². The monoisotopic (exact) mass is 280 g/mol. The fraction of sp³-hybridized carbons (Fsp3) is 0.786. The molecule has 1 heterocycles. The number of aryl methyl sites for hydroxylation is 2. The largest absolute Gasteiger partial charge is 0.362 e. The normalized spacial score (nSPS) is 21.7. The number of nitrogens with zero attached hydrogens (tertiary/aromatic N) is 3. The lowest BCUT2D eigenvalue weighted by Gasteiger charge is -2.35. The van der Waals surface area contributed by atoms with Gasteiger partial charge in [-0.3, -0.25) is 10.1 Å². The number of aromatic nitrogens is 2. The molecule has 0 spiro atoms. The van der Waals surface area contributed by atoms with E-state index in [0.29, 0.717) is 23.3 Å². The summed E-state index contributed by atoms with van der Waals surface area (Å²) in [5.74, 6) is 0.551. The minimum Gasteiger partial charge on any atom is -0.362 e. The zero-order valence-corrected chi connectivity index (χ0v) is 12.8. The minimum atomic E-state index is -0.317. The van der Waals surface area contributed by atoms with Gasteiger partial charge in [0.2, 0.25) is 5.82 Å². The highest BCUT2D eigenvalue weighted by molar-refractivity contribution is 5.60. The number of hydrogen-bond donors (Lipinski definition) is 1. The Bertz CT molecular complexity index is 508. The maximum Gasteiger partial charge on any atom is 0.333 e. The third-order valence-corrected chi connectivity index (χ3v) is 4.16. The molecule has 1 aromatic rings. The van der Waals surface area contributed by atoms with Crippen molar-refractivity contribution in [3.8, 4) is 0 Å². The first-order chi connectivity index (χ1) is 9.34. The summed E-state index contributed by atoms with van der Waals surface area (Å²) in [4.78, 5) is 11.0. The summed E-state index contributed by atoms with van der Waals surface area (Å²) in [5.41, 5.74) is 0.991. The molecule has 0 radical (unpaired) electrons. The molecule has 0 bridgehead atoms. The van der Waals surface area contributed by atoms with E-state index in [1.807, 2.05) is 6.92 Å². The van der Waals surface area contributed by atoms with Gasteiger partial charge in [0.05, 0.1) is 4.92 Å². The predicted octanol–water partition coefficient (Wildman–Crippen LogP) is 3.27. The van der Waals surface area contributed by atoms with Crippen LogP contribution in [0.25, 0.3) is 0 Å². The van der Waals surface area contributed by atoms with Crippen molar-refractivity contribution < 1.29 is 4.92 Å². The van der Waals surface area contributed by atoms with Crippen LogP contribution < -0.4 is 5.32 Å².